The summed E-state index contributed by atoms with van der Waals surface area (Å²) in [5, 5.41) is 0. The highest BCUT2D eigenvalue weighted by Crippen LogP contribution is 2.40. The maximum Gasteiger partial charge on any atom is -0.00130 e. The summed E-state index contributed by atoms with van der Waals surface area (Å²) in [5.41, 5.74) is 16.4. The molecule has 0 saturated heterocycles. The average molecular weight is 380 g/mol. The number of fused-ring (bicyclic) bond motifs is 6. The minimum absolute atomic E-state index is 1.02. The SMILES string of the molecule is C1=C\c2ccc3c(c2)Cc2cc(ccc2-3)/C=C\c2ccc3c(c2)Cc2cc/1ccc2-3. The van der Waals surface area contributed by atoms with E-state index in [0.29, 0.717) is 0 Å². The van der Waals surface area contributed by atoms with Crippen molar-refractivity contribution in [2.45, 2.75) is 12.8 Å². The molecule has 3 aliphatic carbocycles. The zero-order valence-corrected chi connectivity index (χ0v) is 16.7. The van der Waals surface area contributed by atoms with E-state index in [-0.39, 0.29) is 0 Å². The largest absolute Gasteiger partial charge is 0.0544 e. The van der Waals surface area contributed by atoms with E-state index >= 15 is 0 Å². The molecule has 7 rings (SSSR count). The normalized spacial score (nSPS) is 16.3. The fourth-order valence-corrected chi connectivity index (χ4v) is 5.30. The fourth-order valence-electron chi connectivity index (χ4n) is 5.30. The van der Waals surface area contributed by atoms with Gasteiger partial charge < -0.3 is 0 Å². The first kappa shape index (κ1) is 16.2. The van der Waals surface area contributed by atoms with Gasteiger partial charge in [0, 0.05) is 0 Å². The van der Waals surface area contributed by atoms with Crippen molar-refractivity contribution in [1.29, 1.82) is 0 Å². The summed E-state index contributed by atoms with van der Waals surface area (Å²) in [5.74, 6) is 0. The van der Waals surface area contributed by atoms with E-state index in [1.165, 1.54) is 66.8 Å². The minimum atomic E-state index is 1.02. The van der Waals surface area contributed by atoms with E-state index in [1.54, 1.807) is 0 Å². The molecule has 0 heteroatoms. The molecule has 0 unspecified atom stereocenters. The molecule has 8 bridgehead atoms. The van der Waals surface area contributed by atoms with Crippen LogP contribution in [0.5, 0.6) is 0 Å². The monoisotopic (exact) mass is 380 g/mol. The molecule has 0 nitrogen and oxygen atoms in total. The molecule has 3 aliphatic rings. The molecule has 0 heterocycles. The lowest BCUT2D eigenvalue weighted by Gasteiger charge is -2.05. The van der Waals surface area contributed by atoms with Crippen molar-refractivity contribution in [3.05, 3.63) is 117 Å². The molecule has 140 valence electrons. The van der Waals surface area contributed by atoms with E-state index < -0.39 is 0 Å². The van der Waals surface area contributed by atoms with Gasteiger partial charge in [-0.1, -0.05) is 97.1 Å². The average Bonchev–Trinajstić information content (AvgIpc) is 3.31. The maximum atomic E-state index is 2.36. The summed E-state index contributed by atoms with van der Waals surface area (Å²) in [4.78, 5) is 0. The number of benzene rings is 4. The maximum absolute atomic E-state index is 2.36. The van der Waals surface area contributed by atoms with Crippen molar-refractivity contribution in [3.63, 3.8) is 0 Å². The Bertz CT molecular complexity index is 1210. The molecule has 0 spiro atoms. The van der Waals surface area contributed by atoms with Crippen LogP contribution in [-0.4, -0.2) is 0 Å². The summed E-state index contributed by atoms with van der Waals surface area (Å²) in [6.45, 7) is 0. The topological polar surface area (TPSA) is 0 Å². The van der Waals surface area contributed by atoms with Crippen LogP contribution in [0.4, 0.5) is 0 Å². The van der Waals surface area contributed by atoms with Crippen LogP contribution >= 0.6 is 0 Å². The van der Waals surface area contributed by atoms with Gasteiger partial charge in [0.05, 0.1) is 0 Å². The van der Waals surface area contributed by atoms with Crippen molar-refractivity contribution in [2.75, 3.05) is 0 Å². The molecule has 0 aliphatic heterocycles. The Morgan fingerprint density at radius 3 is 0.867 bits per heavy atom. The summed E-state index contributed by atoms with van der Waals surface area (Å²) < 4.78 is 0. The van der Waals surface area contributed by atoms with Crippen LogP contribution in [0.3, 0.4) is 0 Å². The van der Waals surface area contributed by atoms with E-state index in [0.717, 1.165) is 12.8 Å². The van der Waals surface area contributed by atoms with Crippen LogP contribution in [0, 0.1) is 0 Å². The van der Waals surface area contributed by atoms with E-state index in [2.05, 4.69) is 97.1 Å². The van der Waals surface area contributed by atoms with Gasteiger partial charge in [-0.05, 0) is 79.6 Å². The minimum Gasteiger partial charge on any atom is -0.0544 e. The predicted molar refractivity (Wildman–Crippen MR) is 127 cm³/mol. The van der Waals surface area contributed by atoms with E-state index in [9.17, 15) is 0 Å². The highest BCUT2D eigenvalue weighted by Gasteiger charge is 2.20. The van der Waals surface area contributed by atoms with Gasteiger partial charge in [0.1, 0.15) is 0 Å². The van der Waals surface area contributed by atoms with Gasteiger partial charge >= 0.3 is 0 Å². The Labute approximate surface area is 176 Å². The summed E-state index contributed by atoms with van der Waals surface area (Å²) in [7, 11) is 0. The molecule has 4 aromatic rings. The smallest absolute Gasteiger partial charge is 0.00130 e. The standard InChI is InChI=1S/C30H20/c1-2-20-6-10-28-24(14-20)18-26-16-22(8-12-30(26)28)4-3-21-7-11-29-25(15-21)17-23-13-19(1)5-9-27(23)29/h1-16H,17-18H2/b2-1-,4-3-,19-1?,20-2?,21-3?,22-4?. The predicted octanol–water partition coefficient (Wildman–Crippen LogP) is 7.48. The number of hydrogen-bond acceptors (Lipinski definition) is 0. The number of hydrogen-bond donors (Lipinski definition) is 0. The molecule has 0 atom stereocenters. The van der Waals surface area contributed by atoms with Gasteiger partial charge in [0.15, 0.2) is 0 Å². The first-order valence-electron chi connectivity index (χ1n) is 10.7. The second-order valence-corrected chi connectivity index (χ2v) is 8.69. The lowest BCUT2D eigenvalue weighted by atomic mass is 10.00. The van der Waals surface area contributed by atoms with Gasteiger partial charge in [0.25, 0.3) is 0 Å². The summed E-state index contributed by atoms with van der Waals surface area (Å²) >= 11 is 0. The molecule has 0 saturated carbocycles. The Kier molecular flexibility index (Phi) is 3.20. The van der Waals surface area contributed by atoms with Crippen LogP contribution in [-0.2, 0) is 12.8 Å². The van der Waals surface area contributed by atoms with Gasteiger partial charge in [-0.2, -0.15) is 0 Å². The first-order valence-corrected chi connectivity index (χ1v) is 10.7. The molecular formula is C30H20. The molecule has 0 fully saturated rings. The van der Waals surface area contributed by atoms with Gasteiger partial charge in [-0.3, -0.25) is 0 Å². The molecule has 30 heavy (non-hydrogen) atoms. The van der Waals surface area contributed by atoms with Crippen LogP contribution < -0.4 is 0 Å². The first-order chi connectivity index (χ1) is 14.8. The van der Waals surface area contributed by atoms with Gasteiger partial charge in [-0.25, -0.2) is 0 Å². The Balaban J connectivity index is 1.44. The highest BCUT2D eigenvalue weighted by molar-refractivity contribution is 5.84. The van der Waals surface area contributed by atoms with Crippen LogP contribution in [0.25, 0.3) is 46.6 Å². The molecule has 0 N–H and O–H groups in total. The van der Waals surface area contributed by atoms with Crippen LogP contribution in [0.15, 0.2) is 72.8 Å². The van der Waals surface area contributed by atoms with Gasteiger partial charge in [-0.15, -0.1) is 0 Å². The zero-order chi connectivity index (χ0) is 19.7. The molecular weight excluding hydrogens is 360 g/mol. The van der Waals surface area contributed by atoms with Crippen LogP contribution in [0.2, 0.25) is 0 Å². The third-order valence-electron chi connectivity index (χ3n) is 6.80. The van der Waals surface area contributed by atoms with Crippen molar-refractivity contribution < 1.29 is 0 Å². The summed E-state index contributed by atoms with van der Waals surface area (Å²) in [6, 6.07) is 27.6. The van der Waals surface area contributed by atoms with Crippen molar-refractivity contribution in [1.82, 2.24) is 0 Å². The van der Waals surface area contributed by atoms with Crippen molar-refractivity contribution >= 4 is 24.3 Å². The summed E-state index contributed by atoms with van der Waals surface area (Å²) in [6.07, 6.45) is 11.0. The molecule has 0 radical (unpaired) electrons. The Morgan fingerprint density at radius 1 is 0.333 bits per heavy atom. The van der Waals surface area contributed by atoms with E-state index in [1.807, 2.05) is 0 Å². The lowest BCUT2D eigenvalue weighted by molar-refractivity contribution is 1.26. The zero-order valence-electron chi connectivity index (χ0n) is 16.7. The number of rotatable bonds is 0. The third kappa shape index (κ3) is 2.40. The van der Waals surface area contributed by atoms with Crippen LogP contribution in [0.1, 0.15) is 44.5 Å². The van der Waals surface area contributed by atoms with Crippen molar-refractivity contribution in [3.8, 4) is 22.3 Å². The Hall–Kier alpha value is -3.64. The molecule has 4 aromatic carbocycles. The molecule has 0 amide bonds. The third-order valence-corrected chi connectivity index (χ3v) is 6.80. The second-order valence-electron chi connectivity index (χ2n) is 8.69. The van der Waals surface area contributed by atoms with Gasteiger partial charge in [0.2, 0.25) is 0 Å². The van der Waals surface area contributed by atoms with E-state index in [4.69, 9.17) is 0 Å². The van der Waals surface area contributed by atoms with Crippen molar-refractivity contribution in [2.24, 2.45) is 0 Å². The lowest BCUT2D eigenvalue weighted by Crippen LogP contribution is -1.84. The fraction of sp³-hybridized carbons (Fsp3) is 0.0667. The quantitative estimate of drug-likeness (QED) is 0.256. The second kappa shape index (κ2) is 5.93. The molecule has 0 aromatic heterocycles. The Morgan fingerprint density at radius 2 is 0.600 bits per heavy atom. The highest BCUT2D eigenvalue weighted by atomic mass is 14.2.